The molecular weight excluding hydrogens is 288 g/mol. The minimum Gasteiger partial charge on any atom is -0.463 e. The highest BCUT2D eigenvalue weighted by atomic mass is 16.7. The molecule has 1 heterocycles. The molecule has 21 heavy (non-hydrogen) atoms. The van der Waals surface area contributed by atoms with Crippen molar-refractivity contribution in [3.63, 3.8) is 0 Å². The molecular formula is C12H18O9. The van der Waals surface area contributed by atoms with Crippen LogP contribution in [-0.2, 0) is 33.3 Å². The summed E-state index contributed by atoms with van der Waals surface area (Å²) < 4.78 is 19.6. The lowest BCUT2D eigenvalue weighted by Crippen LogP contribution is -2.61. The Hall–Kier alpha value is -1.71. The van der Waals surface area contributed by atoms with Crippen LogP contribution in [0, 0.1) is 0 Å². The molecule has 0 aromatic rings. The first-order chi connectivity index (χ1) is 9.72. The van der Waals surface area contributed by atoms with Gasteiger partial charge >= 0.3 is 17.9 Å². The fourth-order valence-corrected chi connectivity index (χ4v) is 1.90. The van der Waals surface area contributed by atoms with Crippen molar-refractivity contribution in [1.82, 2.24) is 0 Å². The van der Waals surface area contributed by atoms with Crippen molar-refractivity contribution in [3.05, 3.63) is 0 Å². The first kappa shape index (κ1) is 17.3. The van der Waals surface area contributed by atoms with E-state index in [4.69, 9.17) is 18.9 Å². The quantitative estimate of drug-likeness (QED) is 0.470. The van der Waals surface area contributed by atoms with Gasteiger partial charge in [-0.25, -0.2) is 0 Å². The Morgan fingerprint density at radius 2 is 1.48 bits per heavy atom. The standard InChI is InChI=1S/C12H18O9/c1-5(13)18-4-8-10(19-6(2)14)11(20-7(3)15)9(16)12(17)21-8/h8-12,16-17H,4H2,1-3H3/t8-,9-,10-,11+,12+/m0/s1. The highest BCUT2D eigenvalue weighted by Gasteiger charge is 2.49. The van der Waals surface area contributed by atoms with Crippen LogP contribution in [0.2, 0.25) is 0 Å². The first-order valence-electron chi connectivity index (χ1n) is 6.21. The molecule has 0 unspecified atom stereocenters. The van der Waals surface area contributed by atoms with E-state index in [1.165, 1.54) is 6.92 Å². The number of hydrogen-bond donors (Lipinski definition) is 2. The Kier molecular flexibility index (Phi) is 6.06. The van der Waals surface area contributed by atoms with Gasteiger partial charge in [0.05, 0.1) is 0 Å². The molecule has 0 amide bonds. The van der Waals surface area contributed by atoms with Gasteiger partial charge in [-0.1, -0.05) is 0 Å². The SMILES string of the molecule is CC(=O)OC[C@@H]1O[C@@H](O)[C@@H](O)[C@@H](OC(C)=O)[C@H]1OC(C)=O. The van der Waals surface area contributed by atoms with E-state index in [1.807, 2.05) is 0 Å². The maximum absolute atomic E-state index is 11.1. The zero-order chi connectivity index (χ0) is 16.2. The molecule has 0 saturated carbocycles. The van der Waals surface area contributed by atoms with Crippen LogP contribution in [0.4, 0.5) is 0 Å². The molecule has 0 radical (unpaired) electrons. The van der Waals surface area contributed by atoms with Gasteiger partial charge in [0, 0.05) is 20.8 Å². The minimum atomic E-state index is -1.68. The topological polar surface area (TPSA) is 129 Å². The van der Waals surface area contributed by atoms with Crippen molar-refractivity contribution >= 4 is 17.9 Å². The molecule has 0 aromatic carbocycles. The average Bonchev–Trinajstić information content (AvgIpc) is 2.35. The normalized spacial score (nSPS) is 32.1. The molecule has 1 saturated heterocycles. The van der Waals surface area contributed by atoms with Crippen LogP contribution in [0.3, 0.4) is 0 Å². The highest BCUT2D eigenvalue weighted by Crippen LogP contribution is 2.25. The summed E-state index contributed by atoms with van der Waals surface area (Å²) in [5.41, 5.74) is 0. The molecule has 9 heteroatoms. The molecule has 0 aromatic heterocycles. The number of carbonyl (C=O) groups excluding carboxylic acids is 3. The molecule has 1 rings (SSSR count). The van der Waals surface area contributed by atoms with Crippen LogP contribution in [0.1, 0.15) is 20.8 Å². The van der Waals surface area contributed by atoms with Gasteiger partial charge in [-0.15, -0.1) is 0 Å². The zero-order valence-corrected chi connectivity index (χ0v) is 11.8. The smallest absolute Gasteiger partial charge is 0.303 e. The summed E-state index contributed by atoms with van der Waals surface area (Å²) in [4.78, 5) is 33.1. The lowest BCUT2D eigenvalue weighted by molar-refractivity contribution is -0.293. The molecule has 1 fully saturated rings. The predicted octanol–water partition coefficient (Wildman–Crippen LogP) is -1.51. The van der Waals surface area contributed by atoms with Crippen LogP contribution >= 0.6 is 0 Å². The number of ether oxygens (including phenoxy) is 4. The first-order valence-corrected chi connectivity index (χ1v) is 6.21. The van der Waals surface area contributed by atoms with Gasteiger partial charge in [0.2, 0.25) is 0 Å². The zero-order valence-electron chi connectivity index (χ0n) is 11.8. The number of aliphatic hydroxyl groups excluding tert-OH is 2. The van der Waals surface area contributed by atoms with E-state index in [1.54, 1.807) is 0 Å². The van der Waals surface area contributed by atoms with E-state index in [0.29, 0.717) is 0 Å². The summed E-state index contributed by atoms with van der Waals surface area (Å²) in [6.45, 7) is 3.04. The summed E-state index contributed by atoms with van der Waals surface area (Å²) in [5, 5.41) is 19.4. The van der Waals surface area contributed by atoms with Crippen LogP contribution in [0.5, 0.6) is 0 Å². The second-order valence-corrected chi connectivity index (χ2v) is 4.51. The third-order valence-corrected chi connectivity index (χ3v) is 2.69. The molecule has 120 valence electrons. The van der Waals surface area contributed by atoms with Crippen molar-refractivity contribution in [2.45, 2.75) is 51.5 Å². The van der Waals surface area contributed by atoms with Crippen molar-refractivity contribution in [3.8, 4) is 0 Å². The fraction of sp³-hybridized carbons (Fsp3) is 0.750. The van der Waals surface area contributed by atoms with Gasteiger partial charge in [-0.3, -0.25) is 14.4 Å². The third kappa shape index (κ3) is 4.96. The van der Waals surface area contributed by atoms with Crippen molar-refractivity contribution in [2.75, 3.05) is 6.61 Å². The van der Waals surface area contributed by atoms with Crippen LogP contribution < -0.4 is 0 Å². The summed E-state index contributed by atoms with van der Waals surface area (Å²) in [7, 11) is 0. The number of carbonyl (C=O) groups is 3. The van der Waals surface area contributed by atoms with Gasteiger partial charge in [0.15, 0.2) is 18.5 Å². The van der Waals surface area contributed by atoms with E-state index in [0.717, 1.165) is 13.8 Å². The van der Waals surface area contributed by atoms with E-state index in [9.17, 15) is 24.6 Å². The number of esters is 3. The Morgan fingerprint density at radius 3 is 1.95 bits per heavy atom. The number of aliphatic hydroxyl groups is 2. The molecule has 0 spiro atoms. The third-order valence-electron chi connectivity index (χ3n) is 2.69. The fourth-order valence-electron chi connectivity index (χ4n) is 1.90. The van der Waals surface area contributed by atoms with Gasteiger partial charge < -0.3 is 29.2 Å². The maximum Gasteiger partial charge on any atom is 0.303 e. The van der Waals surface area contributed by atoms with Crippen molar-refractivity contribution in [1.29, 1.82) is 0 Å². The second-order valence-electron chi connectivity index (χ2n) is 4.51. The van der Waals surface area contributed by atoms with Crippen molar-refractivity contribution < 1.29 is 43.5 Å². The summed E-state index contributed by atoms with van der Waals surface area (Å²) in [5.74, 6) is -2.06. The minimum absolute atomic E-state index is 0.338. The highest BCUT2D eigenvalue weighted by molar-refractivity contribution is 5.67. The lowest BCUT2D eigenvalue weighted by Gasteiger charge is -2.41. The average molecular weight is 306 g/mol. The van der Waals surface area contributed by atoms with E-state index >= 15 is 0 Å². The molecule has 5 atom stereocenters. The predicted molar refractivity (Wildman–Crippen MR) is 64.6 cm³/mol. The van der Waals surface area contributed by atoms with Crippen LogP contribution in [0.15, 0.2) is 0 Å². The van der Waals surface area contributed by atoms with E-state index < -0.39 is 48.6 Å². The largest absolute Gasteiger partial charge is 0.463 e. The molecule has 0 bridgehead atoms. The molecule has 1 aliphatic rings. The summed E-state index contributed by atoms with van der Waals surface area (Å²) in [6, 6.07) is 0. The number of hydrogen-bond acceptors (Lipinski definition) is 9. The van der Waals surface area contributed by atoms with Gasteiger partial charge in [0.1, 0.15) is 18.8 Å². The summed E-state index contributed by atoms with van der Waals surface area (Å²) >= 11 is 0. The van der Waals surface area contributed by atoms with Gasteiger partial charge in [0.25, 0.3) is 0 Å². The second kappa shape index (κ2) is 7.34. The molecule has 1 aliphatic heterocycles. The molecule has 0 aliphatic carbocycles. The Bertz CT molecular complexity index is 408. The van der Waals surface area contributed by atoms with Crippen LogP contribution in [-0.4, -0.2) is 65.4 Å². The van der Waals surface area contributed by atoms with Gasteiger partial charge in [-0.05, 0) is 0 Å². The molecule has 9 nitrogen and oxygen atoms in total. The Balaban J connectivity index is 2.94. The summed E-state index contributed by atoms with van der Waals surface area (Å²) in [6.07, 6.45) is -6.92. The maximum atomic E-state index is 11.1. The Morgan fingerprint density at radius 1 is 0.952 bits per heavy atom. The van der Waals surface area contributed by atoms with Crippen molar-refractivity contribution in [2.24, 2.45) is 0 Å². The number of rotatable bonds is 4. The Labute approximate surface area is 120 Å². The van der Waals surface area contributed by atoms with E-state index in [2.05, 4.69) is 0 Å². The lowest BCUT2D eigenvalue weighted by atomic mass is 9.98. The van der Waals surface area contributed by atoms with Gasteiger partial charge in [-0.2, -0.15) is 0 Å². The van der Waals surface area contributed by atoms with Crippen LogP contribution in [0.25, 0.3) is 0 Å². The monoisotopic (exact) mass is 306 g/mol. The molecule has 2 N–H and O–H groups in total. The van der Waals surface area contributed by atoms with E-state index in [-0.39, 0.29) is 6.61 Å².